The lowest BCUT2D eigenvalue weighted by Crippen LogP contribution is -2.28. The van der Waals surface area contributed by atoms with E-state index in [2.05, 4.69) is 16.4 Å². The van der Waals surface area contributed by atoms with E-state index < -0.39 is 17.6 Å². The number of alkyl halides is 3. The molecule has 6 nitrogen and oxygen atoms in total. The Kier molecular flexibility index (Phi) is 8.98. The Morgan fingerprint density at radius 1 is 1.31 bits per heavy atom. The second-order valence-corrected chi connectivity index (χ2v) is 9.34. The molecular weight excluding hydrogens is 493 g/mol. The summed E-state index contributed by atoms with van der Waals surface area (Å²) in [4.78, 5) is 19.3. The summed E-state index contributed by atoms with van der Waals surface area (Å²) < 4.78 is 39.5. The summed E-state index contributed by atoms with van der Waals surface area (Å²) in [5.74, 6) is -0.769. The third-order valence-electron chi connectivity index (χ3n) is 6.04. The molecule has 1 atom stereocenters. The van der Waals surface area contributed by atoms with Crippen LogP contribution in [0.2, 0.25) is 5.02 Å². The van der Waals surface area contributed by atoms with Crippen molar-refractivity contribution in [1.29, 1.82) is 5.26 Å². The number of phenolic OH excluding ortho intramolecular Hbond substituents is 1. The fourth-order valence-corrected chi connectivity index (χ4v) is 4.39. The number of carbonyl (C=O) groups is 1. The number of aromatic hydroxyl groups is 1. The maximum Gasteiger partial charge on any atom is 0.416 e. The van der Waals surface area contributed by atoms with Gasteiger partial charge in [-0.3, -0.25) is 9.69 Å². The van der Waals surface area contributed by atoms with Gasteiger partial charge in [0.2, 0.25) is 0 Å². The highest BCUT2D eigenvalue weighted by molar-refractivity contribution is 6.31. The van der Waals surface area contributed by atoms with E-state index in [1.807, 2.05) is 11.8 Å². The van der Waals surface area contributed by atoms with Crippen LogP contribution in [0.3, 0.4) is 0 Å². The fraction of sp³-hybridized carbons (Fsp3) is 0.423. The van der Waals surface area contributed by atoms with Crippen LogP contribution in [-0.2, 0) is 19.1 Å². The molecule has 1 fully saturated rings. The molecule has 0 bridgehead atoms. The Labute approximate surface area is 213 Å². The monoisotopic (exact) mass is 520 g/mol. The number of carbonyl (C=O) groups excluding carboxylic acids is 1. The normalized spacial score (nSPS) is 16.7. The highest BCUT2D eigenvalue weighted by atomic mass is 35.5. The van der Waals surface area contributed by atoms with Gasteiger partial charge in [0.05, 0.1) is 28.8 Å². The van der Waals surface area contributed by atoms with Gasteiger partial charge in [0.15, 0.2) is 0 Å². The minimum Gasteiger partial charge on any atom is -0.507 e. The summed E-state index contributed by atoms with van der Waals surface area (Å²) in [5, 5.41) is 22.7. The molecule has 0 spiro atoms. The molecule has 0 radical (unpaired) electrons. The molecule has 0 aliphatic carbocycles. The van der Waals surface area contributed by atoms with E-state index in [1.165, 1.54) is 19.1 Å². The van der Waals surface area contributed by atoms with E-state index in [1.54, 1.807) is 6.07 Å². The van der Waals surface area contributed by atoms with Gasteiger partial charge in [-0.05, 0) is 68.6 Å². The summed E-state index contributed by atoms with van der Waals surface area (Å²) in [6.07, 6.45) is -1.80. The van der Waals surface area contributed by atoms with Crippen molar-refractivity contribution in [2.24, 2.45) is 10.9 Å². The molecule has 1 unspecified atom stereocenters. The van der Waals surface area contributed by atoms with E-state index in [9.17, 15) is 23.1 Å². The minimum atomic E-state index is -4.46. The van der Waals surface area contributed by atoms with E-state index >= 15 is 0 Å². The first-order valence-corrected chi connectivity index (χ1v) is 12.1. The van der Waals surface area contributed by atoms with Gasteiger partial charge in [-0.1, -0.05) is 24.9 Å². The minimum absolute atomic E-state index is 0.0401. The van der Waals surface area contributed by atoms with Gasteiger partial charge >= 0.3 is 6.18 Å². The third-order valence-corrected chi connectivity index (χ3v) is 6.25. The highest BCUT2D eigenvalue weighted by Crippen LogP contribution is 2.34. The number of hydrogen-bond donors (Lipinski definition) is 2. The zero-order chi connectivity index (χ0) is 26.5. The Morgan fingerprint density at radius 3 is 2.69 bits per heavy atom. The van der Waals surface area contributed by atoms with Gasteiger partial charge in [-0.25, -0.2) is 4.99 Å². The van der Waals surface area contributed by atoms with E-state index in [0.717, 1.165) is 25.0 Å². The Morgan fingerprint density at radius 2 is 2.06 bits per heavy atom. The van der Waals surface area contributed by atoms with Crippen LogP contribution in [0.4, 0.5) is 18.9 Å². The first-order chi connectivity index (χ1) is 17.0. The van der Waals surface area contributed by atoms with Crippen LogP contribution in [0.5, 0.6) is 5.75 Å². The van der Waals surface area contributed by atoms with E-state index in [4.69, 9.17) is 16.9 Å². The van der Waals surface area contributed by atoms with Crippen molar-refractivity contribution in [2.45, 2.75) is 52.3 Å². The highest BCUT2D eigenvalue weighted by Gasteiger charge is 2.31. The van der Waals surface area contributed by atoms with E-state index in [0.29, 0.717) is 49.3 Å². The molecule has 1 amide bonds. The first-order valence-electron chi connectivity index (χ1n) is 11.7. The summed E-state index contributed by atoms with van der Waals surface area (Å²) in [6, 6.07) is 8.51. The zero-order valence-corrected chi connectivity index (χ0v) is 20.9. The largest absolute Gasteiger partial charge is 0.507 e. The molecule has 1 heterocycles. The van der Waals surface area contributed by atoms with Crippen molar-refractivity contribution < 1.29 is 23.1 Å². The Hall–Kier alpha value is -3.09. The van der Waals surface area contributed by atoms with E-state index in [-0.39, 0.29) is 28.1 Å². The van der Waals surface area contributed by atoms with Crippen LogP contribution in [0, 0.1) is 17.2 Å². The number of rotatable bonds is 7. The van der Waals surface area contributed by atoms with Crippen LogP contribution in [0.1, 0.15) is 60.2 Å². The number of amides is 1. The van der Waals surface area contributed by atoms with Crippen molar-refractivity contribution in [3.05, 3.63) is 57.6 Å². The summed E-state index contributed by atoms with van der Waals surface area (Å²) in [6.45, 7) is 5.08. The number of nitrogens with one attached hydrogen (secondary N) is 1. The lowest BCUT2D eigenvalue weighted by Gasteiger charge is -2.17. The summed E-state index contributed by atoms with van der Waals surface area (Å²) in [7, 11) is 0. The van der Waals surface area contributed by atoms with Crippen LogP contribution < -0.4 is 5.32 Å². The molecule has 1 saturated heterocycles. The molecular formula is C26H28ClF3N4O2. The van der Waals surface area contributed by atoms with Crippen LogP contribution in [0.25, 0.3) is 0 Å². The number of hydrogen-bond acceptors (Lipinski definition) is 5. The molecule has 3 rings (SSSR count). The molecule has 1 aliphatic heterocycles. The van der Waals surface area contributed by atoms with Gasteiger partial charge in [0.1, 0.15) is 11.6 Å². The third kappa shape index (κ3) is 6.99. The number of amidine groups is 1. The predicted octanol–water partition coefficient (Wildman–Crippen LogP) is 6.23. The molecule has 2 N–H and O–H groups in total. The van der Waals surface area contributed by atoms with Gasteiger partial charge in [-0.15, -0.1) is 0 Å². The number of aliphatic imine (C=N–C) groups is 1. The van der Waals surface area contributed by atoms with Crippen molar-refractivity contribution in [2.75, 3.05) is 13.1 Å². The standard InChI is InChI=1S/C26H28ClF3N4O2/c1-3-4-5-18-10-20(26(28,29)30)6-7-23(18)32-16(2)33-25(36)22-12-21(27)11-19(24(22)35)15-34-9-8-17(13-31)14-34/h6-7,10-12,17,35H,3-5,8-9,14-15H2,1-2H3,(H,32,33,36). The number of phenols is 1. The maximum atomic E-state index is 13.2. The molecule has 0 saturated carbocycles. The topological polar surface area (TPSA) is 88.7 Å². The molecule has 2 aromatic rings. The number of nitriles is 1. The van der Waals surface area contributed by atoms with Crippen molar-refractivity contribution >= 4 is 29.0 Å². The fourth-order valence-electron chi connectivity index (χ4n) is 4.15. The van der Waals surface area contributed by atoms with Gasteiger partial charge < -0.3 is 10.4 Å². The lowest BCUT2D eigenvalue weighted by molar-refractivity contribution is -0.137. The summed E-state index contributed by atoms with van der Waals surface area (Å²) >= 11 is 6.21. The van der Waals surface area contributed by atoms with Crippen molar-refractivity contribution in [3.63, 3.8) is 0 Å². The van der Waals surface area contributed by atoms with Gasteiger partial charge in [0.25, 0.3) is 5.91 Å². The second kappa shape index (κ2) is 11.8. The van der Waals surface area contributed by atoms with Crippen LogP contribution in [0.15, 0.2) is 35.3 Å². The Bertz CT molecular complexity index is 1190. The molecule has 0 aromatic heterocycles. The number of unbranched alkanes of at least 4 members (excludes halogenated alkanes) is 1. The Balaban J connectivity index is 1.81. The van der Waals surface area contributed by atoms with Crippen molar-refractivity contribution in [1.82, 2.24) is 10.2 Å². The van der Waals surface area contributed by atoms with Gasteiger partial charge in [-0.2, -0.15) is 18.4 Å². The molecule has 1 aliphatic rings. The van der Waals surface area contributed by atoms with Crippen LogP contribution >= 0.6 is 11.6 Å². The maximum absolute atomic E-state index is 13.2. The SMILES string of the molecule is CCCCc1cc(C(F)(F)F)ccc1N=C(C)NC(=O)c1cc(Cl)cc(CN2CCC(C#N)C2)c1O. The molecule has 10 heteroatoms. The summed E-state index contributed by atoms with van der Waals surface area (Å²) in [5.41, 5.74) is 0.456. The quantitative estimate of drug-likeness (QED) is 0.334. The first kappa shape index (κ1) is 27.5. The number of likely N-dealkylation sites (tertiary alicyclic amines) is 1. The van der Waals surface area contributed by atoms with Gasteiger partial charge in [0, 0.05) is 23.7 Å². The zero-order valence-electron chi connectivity index (χ0n) is 20.1. The van der Waals surface area contributed by atoms with Crippen LogP contribution in [-0.4, -0.2) is 34.8 Å². The lowest BCUT2D eigenvalue weighted by atomic mass is 10.0. The van der Waals surface area contributed by atoms with Crippen molar-refractivity contribution in [3.8, 4) is 11.8 Å². The molecule has 36 heavy (non-hydrogen) atoms. The average Bonchev–Trinajstić information content (AvgIpc) is 3.27. The molecule has 2 aromatic carbocycles. The average molecular weight is 521 g/mol. The molecule has 192 valence electrons. The smallest absolute Gasteiger partial charge is 0.416 e. The number of benzene rings is 2. The number of halogens is 4. The number of nitrogens with zero attached hydrogens (tertiary/aromatic N) is 3. The predicted molar refractivity (Wildman–Crippen MR) is 132 cm³/mol. The number of aryl methyl sites for hydroxylation is 1. The second-order valence-electron chi connectivity index (χ2n) is 8.91.